The third kappa shape index (κ3) is 5.85. The van der Waals surface area contributed by atoms with Crippen LogP contribution < -0.4 is 10.2 Å². The first-order valence-electron chi connectivity index (χ1n) is 5.22. The van der Waals surface area contributed by atoms with Crippen molar-refractivity contribution in [3.05, 3.63) is 29.8 Å². The lowest BCUT2D eigenvalue weighted by atomic mass is 10.1. The summed E-state index contributed by atoms with van der Waals surface area (Å²) in [5.41, 5.74) is 3.47. The summed E-state index contributed by atoms with van der Waals surface area (Å²) in [5.74, 6) is 0.125. The van der Waals surface area contributed by atoms with E-state index in [1.165, 1.54) is 12.1 Å². The van der Waals surface area contributed by atoms with Crippen LogP contribution in [0.1, 0.15) is 26.3 Å². The Kier molecular flexibility index (Phi) is 4.43. The molecule has 0 atom stereocenters. The van der Waals surface area contributed by atoms with Crippen molar-refractivity contribution < 1.29 is 13.5 Å². The van der Waals surface area contributed by atoms with Gasteiger partial charge in [0, 0.05) is 5.54 Å². The monoisotopic (exact) mass is 242 g/mol. The van der Waals surface area contributed by atoms with Crippen LogP contribution in [-0.4, -0.2) is 18.4 Å². The maximum Gasteiger partial charge on any atom is 0.387 e. The summed E-state index contributed by atoms with van der Waals surface area (Å²) in [4.78, 5) is 0. The Morgan fingerprint density at radius 1 is 1.35 bits per heavy atom. The van der Waals surface area contributed by atoms with Crippen LogP contribution in [0.5, 0.6) is 5.75 Å². The lowest BCUT2D eigenvalue weighted by molar-refractivity contribution is -0.0498. The molecule has 0 saturated heterocycles. The molecule has 0 amide bonds. The zero-order valence-electron chi connectivity index (χ0n) is 10.1. The Labute approximate surface area is 99.5 Å². The van der Waals surface area contributed by atoms with Crippen molar-refractivity contribution in [1.29, 1.82) is 0 Å². The summed E-state index contributed by atoms with van der Waals surface area (Å²) < 4.78 is 28.3. The third-order valence-corrected chi connectivity index (χ3v) is 1.70. The molecule has 0 aliphatic carbocycles. The smallest absolute Gasteiger partial charge is 0.387 e. The number of hydrazone groups is 1. The van der Waals surface area contributed by atoms with Gasteiger partial charge < -0.3 is 10.2 Å². The molecule has 0 aromatic heterocycles. The van der Waals surface area contributed by atoms with Crippen molar-refractivity contribution in [2.24, 2.45) is 5.10 Å². The van der Waals surface area contributed by atoms with Gasteiger partial charge in [-0.3, -0.25) is 0 Å². The number of hydrogen-bond donors (Lipinski definition) is 1. The molecule has 0 spiro atoms. The maximum absolute atomic E-state index is 12.0. The average molecular weight is 242 g/mol. The zero-order valence-corrected chi connectivity index (χ0v) is 10.1. The molecule has 1 aromatic carbocycles. The Morgan fingerprint density at radius 3 is 2.65 bits per heavy atom. The molecular formula is C12H16F2N2O. The lowest BCUT2D eigenvalue weighted by Crippen LogP contribution is -2.31. The fourth-order valence-corrected chi connectivity index (χ4v) is 1.07. The Balaban J connectivity index is 2.65. The molecule has 0 heterocycles. The number of ether oxygens (including phenoxy) is 1. The highest BCUT2D eigenvalue weighted by Crippen LogP contribution is 2.14. The Morgan fingerprint density at radius 2 is 2.06 bits per heavy atom. The van der Waals surface area contributed by atoms with E-state index in [1.807, 2.05) is 20.8 Å². The van der Waals surface area contributed by atoms with E-state index < -0.39 is 6.61 Å². The highest BCUT2D eigenvalue weighted by molar-refractivity contribution is 5.79. The van der Waals surface area contributed by atoms with Gasteiger partial charge in [0.05, 0.1) is 6.21 Å². The van der Waals surface area contributed by atoms with Crippen LogP contribution in [0.3, 0.4) is 0 Å². The molecule has 0 unspecified atom stereocenters. The molecule has 17 heavy (non-hydrogen) atoms. The molecular weight excluding hydrogens is 226 g/mol. The van der Waals surface area contributed by atoms with Crippen molar-refractivity contribution in [2.45, 2.75) is 32.9 Å². The van der Waals surface area contributed by atoms with Gasteiger partial charge in [0.15, 0.2) is 0 Å². The molecule has 0 saturated carbocycles. The normalized spacial score (nSPS) is 12.1. The number of nitrogens with zero attached hydrogens (tertiary/aromatic N) is 1. The number of hydrogen-bond acceptors (Lipinski definition) is 3. The standard InChI is InChI=1S/C12H16F2N2O/c1-12(2,3)16-15-8-9-5-4-6-10(7-9)17-11(13)14/h4-8,11,16H,1-3H3/b15-8+. The topological polar surface area (TPSA) is 33.6 Å². The van der Waals surface area contributed by atoms with E-state index in [0.29, 0.717) is 5.56 Å². The maximum atomic E-state index is 12.0. The van der Waals surface area contributed by atoms with Gasteiger partial charge in [-0.2, -0.15) is 13.9 Å². The summed E-state index contributed by atoms with van der Waals surface area (Å²) in [5, 5.41) is 4.02. The molecule has 0 aliphatic heterocycles. The molecule has 0 fully saturated rings. The van der Waals surface area contributed by atoms with Crippen molar-refractivity contribution in [2.75, 3.05) is 0 Å². The quantitative estimate of drug-likeness (QED) is 0.650. The summed E-state index contributed by atoms with van der Waals surface area (Å²) in [6.45, 7) is 3.11. The molecule has 0 radical (unpaired) electrons. The van der Waals surface area contributed by atoms with Gasteiger partial charge in [-0.1, -0.05) is 12.1 Å². The molecule has 0 aliphatic rings. The van der Waals surface area contributed by atoms with E-state index in [9.17, 15) is 8.78 Å². The fraction of sp³-hybridized carbons (Fsp3) is 0.417. The fourth-order valence-electron chi connectivity index (χ4n) is 1.07. The predicted molar refractivity (Wildman–Crippen MR) is 63.6 cm³/mol. The highest BCUT2D eigenvalue weighted by atomic mass is 19.3. The minimum atomic E-state index is -2.81. The van der Waals surface area contributed by atoms with Gasteiger partial charge >= 0.3 is 6.61 Å². The molecule has 1 N–H and O–H groups in total. The van der Waals surface area contributed by atoms with E-state index in [1.54, 1.807) is 18.3 Å². The molecule has 0 bridgehead atoms. The first-order chi connectivity index (χ1) is 7.87. The highest BCUT2D eigenvalue weighted by Gasteiger charge is 2.06. The summed E-state index contributed by atoms with van der Waals surface area (Å²) in [6, 6.07) is 6.36. The van der Waals surface area contributed by atoms with Gasteiger partial charge in [-0.15, -0.1) is 0 Å². The first kappa shape index (κ1) is 13.4. The second-order valence-electron chi connectivity index (χ2n) is 4.57. The van der Waals surface area contributed by atoms with Crippen LogP contribution in [0, 0.1) is 0 Å². The second kappa shape index (κ2) is 5.61. The summed E-state index contributed by atoms with van der Waals surface area (Å²) >= 11 is 0. The molecule has 1 rings (SSSR count). The number of benzene rings is 1. The van der Waals surface area contributed by atoms with Gasteiger partial charge in [-0.25, -0.2) is 0 Å². The molecule has 1 aromatic rings. The van der Waals surface area contributed by atoms with Crippen LogP contribution in [0.2, 0.25) is 0 Å². The second-order valence-corrected chi connectivity index (χ2v) is 4.57. The molecule has 5 heteroatoms. The van der Waals surface area contributed by atoms with Crippen molar-refractivity contribution in [3.63, 3.8) is 0 Å². The van der Waals surface area contributed by atoms with Crippen LogP contribution in [0.25, 0.3) is 0 Å². The van der Waals surface area contributed by atoms with Crippen LogP contribution in [0.4, 0.5) is 8.78 Å². The van der Waals surface area contributed by atoms with Crippen molar-refractivity contribution >= 4 is 6.21 Å². The van der Waals surface area contributed by atoms with Crippen LogP contribution in [-0.2, 0) is 0 Å². The Hall–Kier alpha value is -1.65. The van der Waals surface area contributed by atoms with Crippen molar-refractivity contribution in [3.8, 4) is 5.75 Å². The van der Waals surface area contributed by atoms with Crippen LogP contribution in [0.15, 0.2) is 29.4 Å². The Bertz CT molecular complexity index is 386. The zero-order chi connectivity index (χ0) is 12.9. The molecule has 3 nitrogen and oxygen atoms in total. The van der Waals surface area contributed by atoms with E-state index in [4.69, 9.17) is 0 Å². The SMILES string of the molecule is CC(C)(C)N/N=C/c1cccc(OC(F)F)c1. The number of nitrogens with one attached hydrogen (secondary N) is 1. The van der Waals surface area contributed by atoms with E-state index in [0.717, 1.165) is 0 Å². The predicted octanol–water partition coefficient (Wildman–Crippen LogP) is 3.01. The number of alkyl halides is 2. The van der Waals surface area contributed by atoms with Crippen LogP contribution >= 0.6 is 0 Å². The third-order valence-electron chi connectivity index (χ3n) is 1.70. The average Bonchev–Trinajstić information content (AvgIpc) is 2.15. The van der Waals surface area contributed by atoms with Crippen molar-refractivity contribution in [1.82, 2.24) is 5.43 Å². The molecule has 94 valence electrons. The van der Waals surface area contributed by atoms with E-state index in [-0.39, 0.29) is 11.3 Å². The summed E-state index contributed by atoms with van der Waals surface area (Å²) in [6.07, 6.45) is 1.56. The van der Waals surface area contributed by atoms with Gasteiger partial charge in [-0.05, 0) is 38.5 Å². The van der Waals surface area contributed by atoms with Gasteiger partial charge in [0.2, 0.25) is 0 Å². The number of rotatable bonds is 4. The lowest BCUT2D eigenvalue weighted by Gasteiger charge is -2.16. The van der Waals surface area contributed by atoms with E-state index >= 15 is 0 Å². The van der Waals surface area contributed by atoms with Gasteiger partial charge in [0.1, 0.15) is 5.75 Å². The minimum absolute atomic E-state index is 0.125. The largest absolute Gasteiger partial charge is 0.435 e. The van der Waals surface area contributed by atoms with E-state index in [2.05, 4.69) is 15.3 Å². The van der Waals surface area contributed by atoms with Gasteiger partial charge in [0.25, 0.3) is 0 Å². The summed E-state index contributed by atoms with van der Waals surface area (Å²) in [7, 11) is 0. The minimum Gasteiger partial charge on any atom is -0.435 e. The first-order valence-corrected chi connectivity index (χ1v) is 5.22. The number of halogens is 2.